The number of rotatable bonds is 4. The third kappa shape index (κ3) is 3.89. The number of nitrogens with zero attached hydrogens (tertiary/aromatic N) is 3. The number of hydrogen-bond acceptors (Lipinski definition) is 5. The Labute approximate surface area is 168 Å². The summed E-state index contributed by atoms with van der Waals surface area (Å²) in [6.45, 7) is 6.09. The number of carbonyl (C=O) groups excluding carboxylic acids is 2. The van der Waals surface area contributed by atoms with E-state index in [9.17, 15) is 9.59 Å². The Morgan fingerprint density at radius 3 is 2.69 bits per heavy atom. The molecule has 1 aromatic heterocycles. The highest BCUT2D eigenvalue weighted by Crippen LogP contribution is 2.29. The van der Waals surface area contributed by atoms with Crippen molar-refractivity contribution in [3.63, 3.8) is 0 Å². The molecule has 1 N–H and O–H groups in total. The van der Waals surface area contributed by atoms with Gasteiger partial charge in [-0.1, -0.05) is 23.4 Å². The molecule has 1 aliphatic heterocycles. The standard InChI is InChI=1S/C22H22N4O3/c1-13-7-8-18(9-14(13)2)24-22(28)17-11-20(27)26(12-17)19-6-4-5-16(10-19)21-23-15(3)29-25-21/h4-10,17H,11-12H2,1-3H3,(H,24,28)/t17-/m0/s1. The van der Waals surface area contributed by atoms with Crippen molar-refractivity contribution >= 4 is 23.2 Å². The van der Waals surface area contributed by atoms with Crippen molar-refractivity contribution in [3.8, 4) is 11.4 Å². The van der Waals surface area contributed by atoms with Gasteiger partial charge in [-0.15, -0.1) is 0 Å². The molecular weight excluding hydrogens is 368 g/mol. The molecule has 0 spiro atoms. The minimum Gasteiger partial charge on any atom is -0.339 e. The number of amides is 2. The Kier molecular flexibility index (Phi) is 4.88. The molecule has 1 atom stereocenters. The van der Waals surface area contributed by atoms with Crippen LogP contribution in [-0.4, -0.2) is 28.5 Å². The van der Waals surface area contributed by atoms with Gasteiger partial charge in [0, 0.05) is 36.8 Å². The number of carbonyl (C=O) groups is 2. The van der Waals surface area contributed by atoms with Gasteiger partial charge in [-0.3, -0.25) is 9.59 Å². The lowest BCUT2D eigenvalue weighted by Gasteiger charge is -2.17. The summed E-state index contributed by atoms with van der Waals surface area (Å²) in [5.74, 6) is 0.326. The van der Waals surface area contributed by atoms with Crippen LogP contribution in [0.5, 0.6) is 0 Å². The summed E-state index contributed by atoms with van der Waals surface area (Å²) in [5.41, 5.74) is 4.51. The number of anilines is 2. The van der Waals surface area contributed by atoms with Crippen molar-refractivity contribution in [1.29, 1.82) is 0 Å². The van der Waals surface area contributed by atoms with Crippen LogP contribution in [0, 0.1) is 26.7 Å². The van der Waals surface area contributed by atoms with Crippen molar-refractivity contribution < 1.29 is 14.1 Å². The van der Waals surface area contributed by atoms with E-state index in [1.54, 1.807) is 11.8 Å². The fourth-order valence-electron chi connectivity index (χ4n) is 3.43. The molecule has 148 valence electrons. The zero-order chi connectivity index (χ0) is 20.5. The third-order valence-electron chi connectivity index (χ3n) is 5.21. The van der Waals surface area contributed by atoms with E-state index in [4.69, 9.17) is 4.52 Å². The molecule has 7 heteroatoms. The van der Waals surface area contributed by atoms with Crippen molar-refractivity contribution in [1.82, 2.24) is 10.1 Å². The second kappa shape index (κ2) is 7.50. The van der Waals surface area contributed by atoms with Gasteiger partial charge in [0.1, 0.15) is 0 Å². The van der Waals surface area contributed by atoms with Crippen molar-refractivity contribution in [2.75, 3.05) is 16.8 Å². The lowest BCUT2D eigenvalue weighted by Crippen LogP contribution is -2.28. The minimum absolute atomic E-state index is 0.0771. The van der Waals surface area contributed by atoms with Crippen molar-refractivity contribution in [3.05, 3.63) is 59.5 Å². The fraction of sp³-hybridized carbons (Fsp3) is 0.273. The molecule has 0 saturated carbocycles. The quantitative estimate of drug-likeness (QED) is 0.735. The van der Waals surface area contributed by atoms with Crippen LogP contribution in [0.1, 0.15) is 23.4 Å². The van der Waals surface area contributed by atoms with E-state index < -0.39 is 5.92 Å². The third-order valence-corrected chi connectivity index (χ3v) is 5.21. The monoisotopic (exact) mass is 390 g/mol. The second-order valence-corrected chi connectivity index (χ2v) is 7.38. The average Bonchev–Trinajstić information content (AvgIpc) is 3.31. The first kappa shape index (κ1) is 18.9. The van der Waals surface area contributed by atoms with Crippen LogP contribution in [0.15, 0.2) is 47.0 Å². The predicted octanol–water partition coefficient (Wildman–Crippen LogP) is 3.65. The van der Waals surface area contributed by atoms with Crippen LogP contribution in [0.3, 0.4) is 0 Å². The maximum Gasteiger partial charge on any atom is 0.229 e. The highest BCUT2D eigenvalue weighted by atomic mass is 16.5. The number of nitrogens with one attached hydrogen (secondary N) is 1. The predicted molar refractivity (Wildman–Crippen MR) is 109 cm³/mol. The molecule has 0 bridgehead atoms. The summed E-state index contributed by atoms with van der Waals surface area (Å²) >= 11 is 0. The number of aromatic nitrogens is 2. The van der Waals surface area contributed by atoms with Gasteiger partial charge in [0.2, 0.25) is 23.5 Å². The molecule has 7 nitrogen and oxygen atoms in total. The second-order valence-electron chi connectivity index (χ2n) is 7.38. The van der Waals surface area contributed by atoms with E-state index in [0.717, 1.165) is 22.5 Å². The molecule has 1 aliphatic rings. The molecule has 0 aliphatic carbocycles. The highest BCUT2D eigenvalue weighted by Gasteiger charge is 2.35. The van der Waals surface area contributed by atoms with Gasteiger partial charge in [-0.05, 0) is 49.2 Å². The summed E-state index contributed by atoms with van der Waals surface area (Å²) in [6.07, 6.45) is 0.183. The molecule has 3 aromatic rings. The van der Waals surface area contributed by atoms with Crippen LogP contribution in [0.4, 0.5) is 11.4 Å². The molecule has 4 rings (SSSR count). The van der Waals surface area contributed by atoms with E-state index in [1.807, 2.05) is 56.3 Å². The number of benzene rings is 2. The van der Waals surface area contributed by atoms with Crippen LogP contribution in [0.2, 0.25) is 0 Å². The van der Waals surface area contributed by atoms with E-state index in [0.29, 0.717) is 18.3 Å². The van der Waals surface area contributed by atoms with Gasteiger partial charge in [0.15, 0.2) is 0 Å². The van der Waals surface area contributed by atoms with Gasteiger partial charge >= 0.3 is 0 Å². The average molecular weight is 390 g/mol. The lowest BCUT2D eigenvalue weighted by molar-refractivity contribution is -0.122. The van der Waals surface area contributed by atoms with E-state index in [1.165, 1.54) is 5.56 Å². The Hall–Kier alpha value is -3.48. The fourth-order valence-corrected chi connectivity index (χ4v) is 3.43. The summed E-state index contributed by atoms with van der Waals surface area (Å²) in [4.78, 5) is 31.2. The minimum atomic E-state index is -0.403. The summed E-state index contributed by atoms with van der Waals surface area (Å²) in [5, 5.41) is 6.86. The molecule has 2 amide bonds. The van der Waals surface area contributed by atoms with Gasteiger partial charge in [-0.25, -0.2) is 0 Å². The van der Waals surface area contributed by atoms with Crippen LogP contribution in [0.25, 0.3) is 11.4 Å². The first-order valence-electron chi connectivity index (χ1n) is 9.50. The normalized spacial score (nSPS) is 16.3. The highest BCUT2D eigenvalue weighted by molar-refractivity contribution is 6.03. The number of hydrogen-bond donors (Lipinski definition) is 1. The van der Waals surface area contributed by atoms with Crippen molar-refractivity contribution in [2.45, 2.75) is 27.2 Å². The van der Waals surface area contributed by atoms with Crippen LogP contribution >= 0.6 is 0 Å². The molecule has 0 radical (unpaired) electrons. The Bertz CT molecular complexity index is 1090. The zero-order valence-electron chi connectivity index (χ0n) is 16.6. The topological polar surface area (TPSA) is 88.3 Å². The molecule has 1 fully saturated rings. The molecule has 0 unspecified atom stereocenters. The maximum absolute atomic E-state index is 12.7. The molecular formula is C22H22N4O3. The van der Waals surface area contributed by atoms with Gasteiger partial charge in [0.25, 0.3) is 0 Å². The maximum atomic E-state index is 12.7. The lowest BCUT2D eigenvalue weighted by atomic mass is 10.1. The van der Waals surface area contributed by atoms with E-state index >= 15 is 0 Å². The summed E-state index contributed by atoms with van der Waals surface area (Å²) in [7, 11) is 0. The molecule has 2 heterocycles. The van der Waals surface area contributed by atoms with Crippen LogP contribution < -0.4 is 10.2 Å². The Balaban J connectivity index is 1.49. The smallest absolute Gasteiger partial charge is 0.229 e. The summed E-state index contributed by atoms with van der Waals surface area (Å²) < 4.78 is 5.03. The van der Waals surface area contributed by atoms with Crippen molar-refractivity contribution in [2.24, 2.45) is 5.92 Å². The largest absolute Gasteiger partial charge is 0.339 e. The van der Waals surface area contributed by atoms with E-state index in [-0.39, 0.29) is 18.2 Å². The van der Waals surface area contributed by atoms with Crippen LogP contribution in [-0.2, 0) is 9.59 Å². The Morgan fingerprint density at radius 1 is 1.14 bits per heavy atom. The first-order valence-corrected chi connectivity index (χ1v) is 9.50. The SMILES string of the molecule is Cc1nc(-c2cccc(N3C[C@@H](C(=O)Nc4ccc(C)c(C)c4)CC3=O)c2)no1. The molecule has 2 aromatic carbocycles. The number of aryl methyl sites for hydroxylation is 3. The first-order chi connectivity index (χ1) is 13.9. The zero-order valence-corrected chi connectivity index (χ0v) is 16.6. The molecule has 1 saturated heterocycles. The van der Waals surface area contributed by atoms with Gasteiger partial charge in [0.05, 0.1) is 5.92 Å². The van der Waals surface area contributed by atoms with E-state index in [2.05, 4.69) is 15.5 Å². The van der Waals surface area contributed by atoms with Gasteiger partial charge in [-0.2, -0.15) is 4.98 Å². The Morgan fingerprint density at radius 2 is 1.97 bits per heavy atom. The van der Waals surface area contributed by atoms with Gasteiger partial charge < -0.3 is 14.7 Å². The molecule has 29 heavy (non-hydrogen) atoms. The summed E-state index contributed by atoms with van der Waals surface area (Å²) in [6, 6.07) is 13.2.